The third-order valence-corrected chi connectivity index (χ3v) is 3.08. The van der Waals surface area contributed by atoms with Crippen LogP contribution in [-0.4, -0.2) is 39.5 Å². The summed E-state index contributed by atoms with van der Waals surface area (Å²) in [7, 11) is 0. The predicted molar refractivity (Wildman–Crippen MR) is 80.3 cm³/mol. The van der Waals surface area contributed by atoms with E-state index in [1.54, 1.807) is 0 Å². The molecule has 4 nitrogen and oxygen atoms in total. The molecule has 106 valence electrons. The van der Waals surface area contributed by atoms with Crippen LogP contribution in [0.15, 0.2) is 55.4 Å². The molecule has 2 rings (SSSR count). The maximum atomic E-state index is 9.04. The summed E-state index contributed by atoms with van der Waals surface area (Å²) in [6.07, 6.45) is 5.79. The molecule has 1 N–H and O–H groups in total. The van der Waals surface area contributed by atoms with Crippen LogP contribution < -0.4 is 0 Å². The van der Waals surface area contributed by atoms with Gasteiger partial charge in [0.15, 0.2) is 0 Å². The maximum absolute atomic E-state index is 9.04. The van der Waals surface area contributed by atoms with Gasteiger partial charge in [-0.25, -0.2) is 0 Å². The second-order valence-electron chi connectivity index (χ2n) is 4.78. The fourth-order valence-corrected chi connectivity index (χ4v) is 2.16. The third-order valence-electron chi connectivity index (χ3n) is 3.08. The summed E-state index contributed by atoms with van der Waals surface area (Å²) < 4.78 is 1.94. The first-order chi connectivity index (χ1) is 9.81. The Kier molecular flexibility index (Phi) is 5.53. The van der Waals surface area contributed by atoms with Crippen LogP contribution >= 0.6 is 0 Å². The molecule has 4 heteroatoms. The Morgan fingerprint density at radius 3 is 2.75 bits per heavy atom. The van der Waals surface area contributed by atoms with Crippen molar-refractivity contribution >= 4 is 0 Å². The van der Waals surface area contributed by atoms with E-state index in [0.29, 0.717) is 6.54 Å². The van der Waals surface area contributed by atoms with Crippen molar-refractivity contribution in [1.82, 2.24) is 14.7 Å². The maximum Gasteiger partial charge on any atom is 0.0659 e. The van der Waals surface area contributed by atoms with E-state index >= 15 is 0 Å². The molecule has 0 aliphatic heterocycles. The van der Waals surface area contributed by atoms with E-state index in [4.69, 9.17) is 5.11 Å². The molecule has 1 aromatic carbocycles. The van der Waals surface area contributed by atoms with E-state index in [1.807, 2.05) is 35.2 Å². The number of rotatable bonds is 8. The zero-order chi connectivity index (χ0) is 14.2. The van der Waals surface area contributed by atoms with E-state index in [9.17, 15) is 0 Å². The number of hydrogen-bond acceptors (Lipinski definition) is 3. The second-order valence-corrected chi connectivity index (χ2v) is 4.78. The lowest BCUT2D eigenvalue weighted by Gasteiger charge is -2.18. The number of aliphatic hydroxyl groups is 1. The van der Waals surface area contributed by atoms with Gasteiger partial charge in [0.2, 0.25) is 0 Å². The second kappa shape index (κ2) is 7.62. The summed E-state index contributed by atoms with van der Waals surface area (Å²) in [6.45, 7) is 6.88. The molecule has 0 aliphatic rings. The Morgan fingerprint density at radius 2 is 2.05 bits per heavy atom. The smallest absolute Gasteiger partial charge is 0.0659 e. The summed E-state index contributed by atoms with van der Waals surface area (Å²) in [6, 6.07) is 10.3. The Labute approximate surface area is 120 Å². The van der Waals surface area contributed by atoms with E-state index < -0.39 is 0 Å². The van der Waals surface area contributed by atoms with E-state index in [1.165, 1.54) is 5.56 Å². The fraction of sp³-hybridized carbons (Fsp3) is 0.312. The number of nitrogens with zero attached hydrogens (tertiary/aromatic N) is 3. The van der Waals surface area contributed by atoms with Gasteiger partial charge in [-0.05, 0) is 5.56 Å². The summed E-state index contributed by atoms with van der Waals surface area (Å²) >= 11 is 0. The molecule has 0 fully saturated rings. The molecular weight excluding hydrogens is 250 g/mol. The van der Waals surface area contributed by atoms with Gasteiger partial charge in [0.05, 0.1) is 19.3 Å². The van der Waals surface area contributed by atoms with Crippen molar-refractivity contribution in [1.29, 1.82) is 0 Å². The van der Waals surface area contributed by atoms with Crippen LogP contribution in [0.4, 0.5) is 0 Å². The Balaban J connectivity index is 1.96. The zero-order valence-electron chi connectivity index (χ0n) is 11.7. The first-order valence-corrected chi connectivity index (χ1v) is 6.81. The summed E-state index contributed by atoms with van der Waals surface area (Å²) in [5.74, 6) is 0. The number of aliphatic hydroxyl groups excluding tert-OH is 1. The lowest BCUT2D eigenvalue weighted by Crippen LogP contribution is -2.26. The Bertz CT molecular complexity index is 522. The predicted octanol–water partition coefficient (Wildman–Crippen LogP) is 1.91. The number of benzene rings is 1. The van der Waals surface area contributed by atoms with Crippen LogP contribution in [0.25, 0.3) is 0 Å². The first kappa shape index (κ1) is 14.5. The van der Waals surface area contributed by atoms with Crippen LogP contribution in [0.2, 0.25) is 0 Å². The van der Waals surface area contributed by atoms with Gasteiger partial charge in [-0.15, -0.1) is 6.58 Å². The van der Waals surface area contributed by atoms with Crippen LogP contribution in [0.3, 0.4) is 0 Å². The minimum Gasteiger partial charge on any atom is -0.395 e. The van der Waals surface area contributed by atoms with Gasteiger partial charge < -0.3 is 5.11 Å². The molecule has 0 spiro atoms. The van der Waals surface area contributed by atoms with Crippen molar-refractivity contribution in [3.8, 4) is 0 Å². The number of hydrogen-bond donors (Lipinski definition) is 1. The van der Waals surface area contributed by atoms with Crippen molar-refractivity contribution in [2.24, 2.45) is 0 Å². The van der Waals surface area contributed by atoms with Crippen LogP contribution in [-0.2, 0) is 13.1 Å². The van der Waals surface area contributed by atoms with Gasteiger partial charge in [-0.2, -0.15) is 5.10 Å². The van der Waals surface area contributed by atoms with Crippen molar-refractivity contribution in [2.75, 3.05) is 19.7 Å². The molecule has 0 bridgehead atoms. The molecule has 0 radical (unpaired) electrons. The lowest BCUT2D eigenvalue weighted by atomic mass is 10.2. The molecule has 0 saturated heterocycles. The highest BCUT2D eigenvalue weighted by Crippen LogP contribution is 2.06. The molecule has 0 amide bonds. The average molecular weight is 271 g/mol. The fourth-order valence-electron chi connectivity index (χ4n) is 2.16. The summed E-state index contributed by atoms with van der Waals surface area (Å²) in [5.41, 5.74) is 2.39. The zero-order valence-corrected chi connectivity index (χ0v) is 11.7. The molecule has 0 saturated carbocycles. The molecule has 0 atom stereocenters. The molecule has 1 aromatic heterocycles. The van der Waals surface area contributed by atoms with Gasteiger partial charge in [0, 0.05) is 31.4 Å². The van der Waals surface area contributed by atoms with E-state index in [2.05, 4.69) is 34.9 Å². The van der Waals surface area contributed by atoms with Gasteiger partial charge in [0.25, 0.3) is 0 Å². The van der Waals surface area contributed by atoms with Gasteiger partial charge >= 0.3 is 0 Å². The van der Waals surface area contributed by atoms with E-state index in [-0.39, 0.29) is 6.61 Å². The largest absolute Gasteiger partial charge is 0.395 e. The molecular formula is C16H21N3O. The van der Waals surface area contributed by atoms with Crippen LogP contribution in [0.5, 0.6) is 0 Å². The highest BCUT2D eigenvalue weighted by atomic mass is 16.3. The van der Waals surface area contributed by atoms with Crippen molar-refractivity contribution in [3.05, 3.63) is 66.5 Å². The molecule has 0 aliphatic carbocycles. The van der Waals surface area contributed by atoms with Gasteiger partial charge in [0.1, 0.15) is 0 Å². The number of aromatic nitrogens is 2. The lowest BCUT2D eigenvalue weighted by molar-refractivity contribution is 0.203. The average Bonchev–Trinajstić information content (AvgIpc) is 2.88. The summed E-state index contributed by atoms with van der Waals surface area (Å²) in [4.78, 5) is 2.14. The SMILES string of the molecule is C=CCN(CCO)Cc1cnn(Cc2ccccc2)c1. The topological polar surface area (TPSA) is 41.3 Å². The molecule has 0 unspecified atom stereocenters. The minimum absolute atomic E-state index is 0.159. The molecule has 20 heavy (non-hydrogen) atoms. The van der Waals surface area contributed by atoms with Crippen molar-refractivity contribution < 1.29 is 5.11 Å². The highest BCUT2D eigenvalue weighted by molar-refractivity contribution is 5.15. The quantitative estimate of drug-likeness (QED) is 0.746. The van der Waals surface area contributed by atoms with Gasteiger partial charge in [-0.1, -0.05) is 36.4 Å². The first-order valence-electron chi connectivity index (χ1n) is 6.81. The van der Waals surface area contributed by atoms with E-state index in [0.717, 1.165) is 25.2 Å². The monoisotopic (exact) mass is 271 g/mol. The Morgan fingerprint density at radius 1 is 1.25 bits per heavy atom. The van der Waals surface area contributed by atoms with Crippen LogP contribution in [0.1, 0.15) is 11.1 Å². The van der Waals surface area contributed by atoms with Crippen molar-refractivity contribution in [2.45, 2.75) is 13.1 Å². The third kappa shape index (κ3) is 4.33. The Hall–Kier alpha value is -1.91. The normalized spacial score (nSPS) is 10.9. The molecule has 1 heterocycles. The summed E-state index contributed by atoms with van der Waals surface area (Å²) in [5, 5.41) is 13.4. The minimum atomic E-state index is 0.159. The van der Waals surface area contributed by atoms with Crippen molar-refractivity contribution in [3.63, 3.8) is 0 Å². The highest BCUT2D eigenvalue weighted by Gasteiger charge is 2.06. The van der Waals surface area contributed by atoms with Crippen LogP contribution in [0, 0.1) is 0 Å². The standard InChI is InChI=1S/C16H21N3O/c1-2-8-18(9-10-20)12-16-11-17-19(14-16)13-15-6-4-3-5-7-15/h2-7,11,14,20H,1,8-10,12-13H2. The molecule has 2 aromatic rings. The van der Waals surface area contributed by atoms with Gasteiger partial charge in [-0.3, -0.25) is 9.58 Å².